The first-order valence-corrected chi connectivity index (χ1v) is 10.4. The Morgan fingerprint density at radius 3 is 2.38 bits per heavy atom. The lowest BCUT2D eigenvalue weighted by Crippen LogP contribution is -2.41. The maximum atomic E-state index is 9.55. The number of hydrogen-bond donors (Lipinski definition) is 3. The summed E-state index contributed by atoms with van der Waals surface area (Å²) in [7, 11) is 0. The fourth-order valence-corrected chi connectivity index (χ4v) is 3.86. The van der Waals surface area contributed by atoms with E-state index in [0.717, 1.165) is 29.2 Å². The Kier molecular flexibility index (Phi) is 9.85. The Hall–Kier alpha value is -2.20. The molecule has 1 aliphatic rings. The van der Waals surface area contributed by atoms with Crippen LogP contribution in [0.3, 0.4) is 0 Å². The zero-order chi connectivity index (χ0) is 21.1. The van der Waals surface area contributed by atoms with Crippen molar-refractivity contribution in [1.82, 2.24) is 10.3 Å². The molecule has 0 spiro atoms. The van der Waals surface area contributed by atoms with E-state index in [1.165, 1.54) is 5.56 Å². The van der Waals surface area contributed by atoms with Crippen LogP contribution >= 0.6 is 27.7 Å². The Morgan fingerprint density at radius 2 is 1.86 bits per heavy atom. The number of ether oxygens (including phenoxy) is 1. The Labute approximate surface area is 181 Å². The van der Waals surface area contributed by atoms with E-state index in [1.807, 2.05) is 24.4 Å². The van der Waals surface area contributed by atoms with Crippen LogP contribution in [0.5, 0.6) is 0 Å². The topological polar surface area (TPSA) is 109 Å². The molecular formula is C20H21BrN2O5S. The van der Waals surface area contributed by atoms with Gasteiger partial charge in [-0.05, 0) is 33.6 Å². The molecular weight excluding hydrogens is 460 g/mol. The highest BCUT2D eigenvalue weighted by Gasteiger charge is 2.27. The lowest BCUT2D eigenvalue weighted by molar-refractivity contribution is -0.134. The lowest BCUT2D eigenvalue weighted by atomic mass is 10.1. The summed E-state index contributed by atoms with van der Waals surface area (Å²) in [6.45, 7) is 2.57. The van der Waals surface area contributed by atoms with Crippen molar-refractivity contribution < 1.29 is 24.5 Å². The molecule has 3 N–H and O–H groups in total. The molecule has 0 saturated carbocycles. The SMILES string of the molecule is Brc1ccc(S[C@@H](c2ccccc2)[C@@H]2CNCCO2)nc1.O=C(O)C=CC(=O)O. The number of rotatable bonds is 6. The van der Waals surface area contributed by atoms with Crippen LogP contribution in [0.2, 0.25) is 0 Å². The Bertz CT molecular complexity index is 795. The third-order valence-electron chi connectivity index (χ3n) is 3.74. The second-order valence-corrected chi connectivity index (χ2v) is 7.96. The summed E-state index contributed by atoms with van der Waals surface area (Å²) < 4.78 is 6.97. The number of thioether (sulfide) groups is 1. The van der Waals surface area contributed by atoms with Crippen LogP contribution in [0.15, 0.2) is 70.3 Å². The van der Waals surface area contributed by atoms with Crippen LogP contribution < -0.4 is 5.32 Å². The van der Waals surface area contributed by atoms with Gasteiger partial charge in [0.25, 0.3) is 0 Å². The molecule has 1 aromatic carbocycles. The summed E-state index contributed by atoms with van der Waals surface area (Å²) in [4.78, 5) is 23.6. The van der Waals surface area contributed by atoms with E-state index in [2.05, 4.69) is 50.5 Å². The largest absolute Gasteiger partial charge is 0.478 e. The summed E-state index contributed by atoms with van der Waals surface area (Å²) in [6.07, 6.45) is 3.12. The van der Waals surface area contributed by atoms with Gasteiger partial charge in [-0.1, -0.05) is 42.1 Å². The molecule has 3 rings (SSSR count). The normalized spacial score (nSPS) is 17.2. The van der Waals surface area contributed by atoms with Crippen LogP contribution in [-0.4, -0.2) is 52.9 Å². The highest BCUT2D eigenvalue weighted by Crippen LogP contribution is 2.38. The van der Waals surface area contributed by atoms with E-state index in [9.17, 15) is 9.59 Å². The number of nitrogens with zero attached hydrogens (tertiary/aromatic N) is 1. The number of benzene rings is 1. The molecule has 2 aromatic rings. The average Bonchev–Trinajstić information content (AvgIpc) is 2.73. The summed E-state index contributed by atoms with van der Waals surface area (Å²) in [6, 6.07) is 14.6. The van der Waals surface area contributed by atoms with Crippen LogP contribution in [0, 0.1) is 0 Å². The minimum Gasteiger partial charge on any atom is -0.478 e. The van der Waals surface area contributed by atoms with Crippen molar-refractivity contribution in [2.75, 3.05) is 19.7 Å². The molecule has 2 heterocycles. The standard InChI is InChI=1S/C16H17BrN2OS.C4H4O4/c17-13-6-7-15(19-10-13)21-16(12-4-2-1-3-5-12)14-11-18-8-9-20-14;5-3(6)1-2-4(7)8/h1-7,10,14,16,18H,8-9,11H2;1-2H,(H,5,6)(H,7,8)/t14-,16-;/m0./s1. The molecule has 2 atom stereocenters. The average molecular weight is 481 g/mol. The third kappa shape index (κ3) is 8.78. The van der Waals surface area contributed by atoms with Crippen molar-refractivity contribution >= 4 is 39.6 Å². The van der Waals surface area contributed by atoms with Crippen LogP contribution in [0.4, 0.5) is 0 Å². The minimum absolute atomic E-state index is 0.164. The van der Waals surface area contributed by atoms with E-state index in [0.29, 0.717) is 12.2 Å². The number of pyridine rings is 1. The molecule has 1 saturated heterocycles. The molecule has 1 fully saturated rings. The zero-order valence-electron chi connectivity index (χ0n) is 15.4. The van der Waals surface area contributed by atoms with Gasteiger partial charge in [-0.15, -0.1) is 0 Å². The number of nitrogens with one attached hydrogen (secondary N) is 1. The van der Waals surface area contributed by atoms with Crippen molar-refractivity contribution in [2.24, 2.45) is 0 Å². The number of aliphatic carboxylic acids is 2. The number of hydrogen-bond acceptors (Lipinski definition) is 6. The number of carbonyl (C=O) groups is 2. The number of morpholine rings is 1. The van der Waals surface area contributed by atoms with Gasteiger partial charge in [0.05, 0.1) is 23.0 Å². The summed E-state index contributed by atoms with van der Waals surface area (Å²) >= 11 is 5.19. The molecule has 0 bridgehead atoms. The summed E-state index contributed by atoms with van der Waals surface area (Å²) in [5.41, 5.74) is 1.28. The van der Waals surface area contributed by atoms with Gasteiger partial charge in [-0.25, -0.2) is 14.6 Å². The van der Waals surface area contributed by atoms with Gasteiger partial charge in [0.2, 0.25) is 0 Å². The quantitative estimate of drug-likeness (QED) is 0.426. The lowest BCUT2D eigenvalue weighted by Gasteiger charge is -2.30. The highest BCUT2D eigenvalue weighted by molar-refractivity contribution is 9.10. The van der Waals surface area contributed by atoms with Gasteiger partial charge in [-0.2, -0.15) is 0 Å². The molecule has 0 unspecified atom stereocenters. The number of halogens is 1. The maximum absolute atomic E-state index is 9.55. The smallest absolute Gasteiger partial charge is 0.328 e. The van der Waals surface area contributed by atoms with Crippen molar-refractivity contribution in [3.8, 4) is 0 Å². The number of aromatic nitrogens is 1. The fraction of sp³-hybridized carbons (Fsp3) is 0.250. The molecule has 1 aromatic heterocycles. The number of carboxylic acid groups (broad SMARTS) is 2. The molecule has 29 heavy (non-hydrogen) atoms. The summed E-state index contributed by atoms with van der Waals surface area (Å²) in [5, 5.41) is 20.3. The molecule has 1 aliphatic heterocycles. The van der Waals surface area contributed by atoms with Gasteiger partial charge in [0.15, 0.2) is 0 Å². The van der Waals surface area contributed by atoms with Crippen LogP contribution in [0.25, 0.3) is 0 Å². The van der Waals surface area contributed by atoms with E-state index >= 15 is 0 Å². The first kappa shape index (κ1) is 23.1. The molecule has 7 nitrogen and oxygen atoms in total. The van der Waals surface area contributed by atoms with E-state index in [1.54, 1.807) is 11.8 Å². The van der Waals surface area contributed by atoms with Gasteiger partial charge in [0, 0.05) is 35.9 Å². The van der Waals surface area contributed by atoms with E-state index < -0.39 is 11.9 Å². The third-order valence-corrected chi connectivity index (χ3v) is 5.52. The van der Waals surface area contributed by atoms with Crippen molar-refractivity contribution in [2.45, 2.75) is 16.4 Å². The number of carboxylic acids is 2. The van der Waals surface area contributed by atoms with Gasteiger partial charge < -0.3 is 20.3 Å². The van der Waals surface area contributed by atoms with Gasteiger partial charge >= 0.3 is 11.9 Å². The minimum atomic E-state index is -1.26. The van der Waals surface area contributed by atoms with Crippen molar-refractivity contribution in [1.29, 1.82) is 0 Å². The first-order valence-electron chi connectivity index (χ1n) is 8.75. The highest BCUT2D eigenvalue weighted by atomic mass is 79.9. The first-order chi connectivity index (χ1) is 14.0. The summed E-state index contributed by atoms with van der Waals surface area (Å²) in [5.74, 6) is -2.51. The fourth-order valence-electron chi connectivity index (χ4n) is 2.49. The van der Waals surface area contributed by atoms with Crippen LogP contribution in [0.1, 0.15) is 10.8 Å². The van der Waals surface area contributed by atoms with Gasteiger partial charge in [-0.3, -0.25) is 0 Å². The predicted molar refractivity (Wildman–Crippen MR) is 114 cm³/mol. The molecule has 154 valence electrons. The molecule has 9 heteroatoms. The van der Waals surface area contributed by atoms with Gasteiger partial charge in [0.1, 0.15) is 0 Å². The zero-order valence-corrected chi connectivity index (χ0v) is 17.8. The molecule has 0 radical (unpaired) electrons. The van der Waals surface area contributed by atoms with Crippen molar-refractivity contribution in [3.05, 3.63) is 70.8 Å². The second kappa shape index (κ2) is 12.4. The van der Waals surface area contributed by atoms with Crippen LogP contribution in [-0.2, 0) is 14.3 Å². The second-order valence-electron chi connectivity index (χ2n) is 5.89. The maximum Gasteiger partial charge on any atom is 0.328 e. The van der Waals surface area contributed by atoms with E-state index in [4.69, 9.17) is 14.9 Å². The van der Waals surface area contributed by atoms with E-state index in [-0.39, 0.29) is 11.4 Å². The molecule has 0 amide bonds. The Balaban J connectivity index is 0.000000321. The Morgan fingerprint density at radius 1 is 1.17 bits per heavy atom. The predicted octanol–water partition coefficient (Wildman–Crippen LogP) is 3.38. The monoisotopic (exact) mass is 480 g/mol. The van der Waals surface area contributed by atoms with Crippen molar-refractivity contribution in [3.63, 3.8) is 0 Å². The molecule has 0 aliphatic carbocycles.